The third-order valence-corrected chi connectivity index (χ3v) is 4.15. The molecule has 0 aliphatic carbocycles. The van der Waals surface area contributed by atoms with Gasteiger partial charge in [0.15, 0.2) is 0 Å². The average molecular weight is 290 g/mol. The lowest BCUT2D eigenvalue weighted by atomic mass is 10.2. The zero-order valence-electron chi connectivity index (χ0n) is 10.2. The van der Waals surface area contributed by atoms with Crippen LogP contribution in [0.4, 0.5) is 0 Å². The fraction of sp³-hybridized carbons (Fsp3) is 0.143. The Kier molecular flexibility index (Phi) is 3.71. The molecule has 19 heavy (non-hydrogen) atoms. The van der Waals surface area contributed by atoms with E-state index in [4.69, 9.17) is 11.6 Å². The molecule has 5 heteroatoms. The molecule has 2 heterocycles. The number of benzene rings is 1. The Morgan fingerprint density at radius 2 is 1.95 bits per heavy atom. The summed E-state index contributed by atoms with van der Waals surface area (Å²) in [5, 5.41) is 1.42. The molecule has 3 nitrogen and oxygen atoms in total. The molecule has 0 fully saturated rings. The fourth-order valence-electron chi connectivity index (χ4n) is 1.91. The second-order valence-corrected chi connectivity index (χ2v) is 5.46. The van der Waals surface area contributed by atoms with Gasteiger partial charge in [0.25, 0.3) is 0 Å². The summed E-state index contributed by atoms with van der Waals surface area (Å²) in [5.74, 6) is 1.84. The summed E-state index contributed by atoms with van der Waals surface area (Å²) in [6.07, 6.45) is 3.51. The molecule has 0 amide bonds. The molecule has 1 aromatic carbocycles. The molecular weight excluding hydrogens is 278 g/mol. The van der Waals surface area contributed by atoms with Crippen LogP contribution in [0.5, 0.6) is 0 Å². The van der Waals surface area contributed by atoms with Crippen LogP contribution in [0.25, 0.3) is 11.0 Å². The molecule has 0 N–H and O–H groups in total. The summed E-state index contributed by atoms with van der Waals surface area (Å²) < 4.78 is 2.09. The number of thioether (sulfide) groups is 1. The molecule has 0 saturated heterocycles. The predicted octanol–water partition coefficient (Wildman–Crippen LogP) is 3.98. The Balaban J connectivity index is 1.71. The van der Waals surface area contributed by atoms with Gasteiger partial charge in [-0.25, -0.2) is 9.97 Å². The SMILES string of the molecule is Clc1ncnc2c1ccn2CSCc1ccccc1. The van der Waals surface area contributed by atoms with Gasteiger partial charge in [0, 0.05) is 11.9 Å². The highest BCUT2D eigenvalue weighted by molar-refractivity contribution is 7.97. The van der Waals surface area contributed by atoms with Crippen LogP contribution >= 0.6 is 23.4 Å². The number of aromatic nitrogens is 3. The van der Waals surface area contributed by atoms with Crippen LogP contribution in [0.2, 0.25) is 5.15 Å². The van der Waals surface area contributed by atoms with Gasteiger partial charge in [-0.3, -0.25) is 0 Å². The van der Waals surface area contributed by atoms with Crippen molar-refractivity contribution in [2.24, 2.45) is 0 Å². The topological polar surface area (TPSA) is 30.7 Å². The van der Waals surface area contributed by atoms with Gasteiger partial charge < -0.3 is 4.57 Å². The van der Waals surface area contributed by atoms with E-state index >= 15 is 0 Å². The molecule has 0 aliphatic heterocycles. The smallest absolute Gasteiger partial charge is 0.145 e. The molecule has 0 unspecified atom stereocenters. The highest BCUT2D eigenvalue weighted by Crippen LogP contribution is 2.22. The summed E-state index contributed by atoms with van der Waals surface area (Å²) >= 11 is 7.87. The first-order valence-electron chi connectivity index (χ1n) is 5.91. The van der Waals surface area contributed by atoms with Crippen LogP contribution in [0.15, 0.2) is 48.9 Å². The van der Waals surface area contributed by atoms with Crippen LogP contribution in [0, 0.1) is 0 Å². The second kappa shape index (κ2) is 5.63. The fourth-order valence-corrected chi connectivity index (χ4v) is 3.03. The lowest BCUT2D eigenvalue weighted by Gasteiger charge is -2.05. The van der Waals surface area contributed by atoms with Gasteiger partial charge in [-0.2, -0.15) is 0 Å². The number of fused-ring (bicyclic) bond motifs is 1. The van der Waals surface area contributed by atoms with E-state index in [-0.39, 0.29) is 0 Å². The molecule has 96 valence electrons. The first kappa shape index (κ1) is 12.5. The summed E-state index contributed by atoms with van der Waals surface area (Å²) in [5.41, 5.74) is 2.22. The zero-order chi connectivity index (χ0) is 13.1. The first-order chi connectivity index (χ1) is 9.34. The van der Waals surface area contributed by atoms with Gasteiger partial charge in [0.1, 0.15) is 17.1 Å². The molecule has 3 aromatic rings. The Bertz CT molecular complexity index is 681. The number of halogens is 1. The van der Waals surface area contributed by atoms with Crippen LogP contribution in [-0.2, 0) is 11.6 Å². The third-order valence-electron chi connectivity index (χ3n) is 2.85. The summed E-state index contributed by atoms with van der Waals surface area (Å²) in [7, 11) is 0. The van der Waals surface area contributed by atoms with Crippen molar-refractivity contribution < 1.29 is 0 Å². The van der Waals surface area contributed by atoms with E-state index in [1.807, 2.05) is 30.1 Å². The quantitative estimate of drug-likeness (QED) is 0.681. The second-order valence-electron chi connectivity index (χ2n) is 4.15. The van der Waals surface area contributed by atoms with E-state index in [0.717, 1.165) is 22.7 Å². The van der Waals surface area contributed by atoms with Crippen LogP contribution in [-0.4, -0.2) is 14.5 Å². The first-order valence-corrected chi connectivity index (χ1v) is 7.45. The third kappa shape index (κ3) is 2.74. The van der Waals surface area contributed by atoms with Crippen LogP contribution in [0.3, 0.4) is 0 Å². The lowest BCUT2D eigenvalue weighted by Crippen LogP contribution is -1.95. The molecule has 0 aliphatic rings. The standard InChI is InChI=1S/C14H12ClN3S/c15-13-12-6-7-18(14(12)17-9-16-13)10-19-8-11-4-2-1-3-5-11/h1-7,9H,8,10H2. The molecule has 0 spiro atoms. The zero-order valence-corrected chi connectivity index (χ0v) is 11.7. The maximum absolute atomic E-state index is 6.03. The highest BCUT2D eigenvalue weighted by atomic mass is 35.5. The van der Waals surface area contributed by atoms with Gasteiger partial charge in [-0.05, 0) is 11.6 Å². The van der Waals surface area contributed by atoms with Crippen molar-refractivity contribution in [3.63, 3.8) is 0 Å². The minimum Gasteiger partial charge on any atom is -0.323 e. The van der Waals surface area contributed by atoms with Crippen molar-refractivity contribution >= 4 is 34.4 Å². The Hall–Kier alpha value is -1.52. The summed E-state index contributed by atoms with van der Waals surface area (Å²) in [6, 6.07) is 12.4. The van der Waals surface area contributed by atoms with Gasteiger partial charge in [-0.15, -0.1) is 11.8 Å². The number of nitrogens with zero attached hydrogens (tertiary/aromatic N) is 3. The maximum atomic E-state index is 6.03. The van der Waals surface area contributed by atoms with Gasteiger partial charge >= 0.3 is 0 Å². The monoisotopic (exact) mass is 289 g/mol. The number of hydrogen-bond donors (Lipinski definition) is 0. The van der Waals surface area contributed by atoms with Crippen molar-refractivity contribution in [3.05, 3.63) is 59.6 Å². The molecule has 0 radical (unpaired) electrons. The van der Waals surface area contributed by atoms with E-state index in [1.54, 1.807) is 0 Å². The van der Waals surface area contributed by atoms with E-state index in [2.05, 4.69) is 38.8 Å². The molecule has 0 saturated carbocycles. The highest BCUT2D eigenvalue weighted by Gasteiger charge is 2.06. The Labute approximate surface area is 120 Å². The molecule has 0 atom stereocenters. The molecule has 3 rings (SSSR count). The molecule has 2 aromatic heterocycles. The molecular formula is C14H12ClN3S. The molecule has 0 bridgehead atoms. The Morgan fingerprint density at radius 3 is 2.79 bits per heavy atom. The normalized spacial score (nSPS) is 11.0. The van der Waals surface area contributed by atoms with E-state index in [0.29, 0.717) is 5.15 Å². The van der Waals surface area contributed by atoms with Crippen molar-refractivity contribution in [2.75, 3.05) is 0 Å². The lowest BCUT2D eigenvalue weighted by molar-refractivity contribution is 0.918. The minimum absolute atomic E-state index is 0.511. The number of rotatable bonds is 4. The van der Waals surface area contributed by atoms with Crippen molar-refractivity contribution in [3.8, 4) is 0 Å². The van der Waals surface area contributed by atoms with Crippen molar-refractivity contribution in [1.29, 1.82) is 0 Å². The van der Waals surface area contributed by atoms with Crippen LogP contribution in [0.1, 0.15) is 5.56 Å². The number of hydrogen-bond acceptors (Lipinski definition) is 3. The van der Waals surface area contributed by atoms with Crippen LogP contribution < -0.4 is 0 Å². The van der Waals surface area contributed by atoms with Crippen molar-refractivity contribution in [2.45, 2.75) is 11.6 Å². The van der Waals surface area contributed by atoms with Crippen molar-refractivity contribution in [1.82, 2.24) is 14.5 Å². The van der Waals surface area contributed by atoms with Gasteiger partial charge in [0.05, 0.1) is 11.3 Å². The summed E-state index contributed by atoms with van der Waals surface area (Å²) in [6.45, 7) is 0. The Morgan fingerprint density at radius 1 is 1.11 bits per heavy atom. The largest absolute Gasteiger partial charge is 0.323 e. The summed E-state index contributed by atoms with van der Waals surface area (Å²) in [4.78, 5) is 8.26. The maximum Gasteiger partial charge on any atom is 0.145 e. The van der Waals surface area contributed by atoms with Gasteiger partial charge in [0.2, 0.25) is 0 Å². The predicted molar refractivity (Wildman–Crippen MR) is 80.3 cm³/mol. The van der Waals surface area contributed by atoms with Gasteiger partial charge in [-0.1, -0.05) is 41.9 Å². The minimum atomic E-state index is 0.511. The van der Waals surface area contributed by atoms with E-state index < -0.39 is 0 Å². The van der Waals surface area contributed by atoms with E-state index in [9.17, 15) is 0 Å². The average Bonchev–Trinajstić information content (AvgIpc) is 2.85. The van der Waals surface area contributed by atoms with E-state index in [1.165, 1.54) is 11.9 Å².